The van der Waals surface area contributed by atoms with Gasteiger partial charge in [-0.25, -0.2) is 0 Å². The number of nitrogens with zero attached hydrogens (tertiary/aromatic N) is 4. The van der Waals surface area contributed by atoms with Crippen molar-refractivity contribution < 1.29 is 0 Å². The predicted octanol–water partition coefficient (Wildman–Crippen LogP) is 2.21. The van der Waals surface area contributed by atoms with E-state index in [1.165, 1.54) is 71.6 Å². The molecule has 0 aromatic rings. The van der Waals surface area contributed by atoms with Crippen molar-refractivity contribution in [3.63, 3.8) is 0 Å². The van der Waals surface area contributed by atoms with E-state index in [4.69, 9.17) is 0 Å². The van der Waals surface area contributed by atoms with Crippen molar-refractivity contribution in [2.24, 2.45) is 11.8 Å². The molecule has 25 heavy (non-hydrogen) atoms. The van der Waals surface area contributed by atoms with Crippen molar-refractivity contribution in [3.05, 3.63) is 0 Å². The van der Waals surface area contributed by atoms with Crippen molar-refractivity contribution in [1.29, 1.82) is 0 Å². The van der Waals surface area contributed by atoms with Crippen molar-refractivity contribution in [3.8, 4) is 0 Å². The summed E-state index contributed by atoms with van der Waals surface area (Å²) in [5.41, 5.74) is 0. The van der Waals surface area contributed by atoms with Gasteiger partial charge in [-0.1, -0.05) is 0 Å². The molecule has 4 aliphatic rings. The van der Waals surface area contributed by atoms with E-state index in [1.807, 2.05) is 0 Å². The third-order valence-corrected chi connectivity index (χ3v) is 7.61. The minimum atomic E-state index is 0.725. The third-order valence-electron chi connectivity index (χ3n) is 7.61. The highest BCUT2D eigenvalue weighted by molar-refractivity contribution is 4.98. The maximum absolute atomic E-state index is 2.77. The van der Waals surface area contributed by atoms with Gasteiger partial charge < -0.3 is 9.80 Å². The first-order valence-corrected chi connectivity index (χ1v) is 11.0. The summed E-state index contributed by atoms with van der Waals surface area (Å²) in [6.07, 6.45) is 4.22. The van der Waals surface area contributed by atoms with E-state index < -0.39 is 0 Å². The smallest absolute Gasteiger partial charge is 0.0266 e. The first-order chi connectivity index (χ1) is 12.0. The minimum absolute atomic E-state index is 0.725. The Kier molecular flexibility index (Phi) is 5.43. The normalized spacial score (nSPS) is 37.7. The highest BCUT2D eigenvalue weighted by atomic mass is 15.3. The molecule has 0 aliphatic carbocycles. The molecule has 0 saturated carbocycles. The van der Waals surface area contributed by atoms with Crippen LogP contribution >= 0.6 is 0 Å². The molecular formula is C21H40N4. The summed E-state index contributed by atoms with van der Waals surface area (Å²) in [4.78, 5) is 11.0. The molecule has 4 nitrogen and oxygen atoms in total. The molecule has 0 bridgehead atoms. The van der Waals surface area contributed by atoms with Crippen LogP contribution in [0.1, 0.15) is 47.0 Å². The predicted molar refractivity (Wildman–Crippen MR) is 105 cm³/mol. The van der Waals surface area contributed by atoms with E-state index in [-0.39, 0.29) is 0 Å². The van der Waals surface area contributed by atoms with Crippen LogP contribution in [0.15, 0.2) is 0 Å². The van der Waals surface area contributed by atoms with E-state index >= 15 is 0 Å². The maximum atomic E-state index is 2.77. The Bertz CT molecular complexity index is 411. The van der Waals surface area contributed by atoms with E-state index in [1.54, 1.807) is 0 Å². The molecule has 4 fully saturated rings. The fraction of sp³-hybridized carbons (Fsp3) is 1.00. The summed E-state index contributed by atoms with van der Waals surface area (Å²) in [5, 5.41) is 0. The first kappa shape index (κ1) is 18.2. The zero-order valence-corrected chi connectivity index (χ0v) is 17.0. The van der Waals surface area contributed by atoms with Crippen LogP contribution in [0, 0.1) is 11.8 Å². The average molecular weight is 349 g/mol. The standard InChI is InChI=1S/C21H40N4/c1-16(2)24-10-6-18-12-22(14-20(18)24)8-5-9-23-13-19-7-11-25(17(3)4)21(19)15-23/h16-21H,5-15H2,1-4H3/t18-,19+,20+,21-. The van der Waals surface area contributed by atoms with Crippen molar-refractivity contribution in [2.45, 2.75) is 71.1 Å². The average Bonchev–Trinajstić information content (AvgIpc) is 3.24. The van der Waals surface area contributed by atoms with Gasteiger partial charge in [0.15, 0.2) is 0 Å². The van der Waals surface area contributed by atoms with Gasteiger partial charge in [0.25, 0.3) is 0 Å². The van der Waals surface area contributed by atoms with Crippen LogP contribution in [0.4, 0.5) is 0 Å². The molecule has 0 spiro atoms. The van der Waals surface area contributed by atoms with Gasteiger partial charge in [0.05, 0.1) is 0 Å². The molecule has 4 saturated heterocycles. The Balaban J connectivity index is 1.19. The van der Waals surface area contributed by atoms with E-state index in [2.05, 4.69) is 47.3 Å². The molecule has 0 unspecified atom stereocenters. The maximum Gasteiger partial charge on any atom is 0.0266 e. The molecule has 0 aromatic carbocycles. The number of hydrogen-bond acceptors (Lipinski definition) is 4. The van der Waals surface area contributed by atoms with Gasteiger partial charge in [0.2, 0.25) is 0 Å². The van der Waals surface area contributed by atoms with Crippen LogP contribution < -0.4 is 0 Å². The van der Waals surface area contributed by atoms with E-state index in [0.717, 1.165) is 36.0 Å². The lowest BCUT2D eigenvalue weighted by atomic mass is 10.0. The Morgan fingerprint density at radius 3 is 1.52 bits per heavy atom. The van der Waals surface area contributed by atoms with Crippen LogP contribution in [0.2, 0.25) is 0 Å². The minimum Gasteiger partial charge on any atom is -0.301 e. The summed E-state index contributed by atoms with van der Waals surface area (Å²) in [7, 11) is 0. The first-order valence-electron chi connectivity index (χ1n) is 11.0. The van der Waals surface area contributed by atoms with Crippen molar-refractivity contribution in [2.75, 3.05) is 52.4 Å². The summed E-state index contributed by atoms with van der Waals surface area (Å²) < 4.78 is 0. The SMILES string of the molecule is CC(C)N1CC[C@H]2CN(CCCN3C[C@H]4CCN(C(C)C)[C@H]4C3)C[C@H]21. The molecular weight excluding hydrogens is 308 g/mol. The highest BCUT2D eigenvalue weighted by Crippen LogP contribution is 2.34. The van der Waals surface area contributed by atoms with Crippen molar-refractivity contribution in [1.82, 2.24) is 19.6 Å². The molecule has 0 radical (unpaired) electrons. The quantitative estimate of drug-likeness (QED) is 0.729. The Hall–Kier alpha value is -0.160. The second kappa shape index (κ2) is 7.46. The molecule has 0 aromatic heterocycles. The highest BCUT2D eigenvalue weighted by Gasteiger charge is 2.43. The molecule has 144 valence electrons. The van der Waals surface area contributed by atoms with Crippen LogP contribution in [0.3, 0.4) is 0 Å². The second-order valence-electron chi connectivity index (χ2n) is 9.77. The van der Waals surface area contributed by atoms with E-state index in [9.17, 15) is 0 Å². The monoisotopic (exact) mass is 348 g/mol. The van der Waals surface area contributed by atoms with Gasteiger partial charge in [0.1, 0.15) is 0 Å². The summed E-state index contributed by atoms with van der Waals surface area (Å²) >= 11 is 0. The summed E-state index contributed by atoms with van der Waals surface area (Å²) in [6.45, 7) is 20.2. The van der Waals surface area contributed by atoms with Crippen LogP contribution in [0.25, 0.3) is 0 Å². The lowest BCUT2D eigenvalue weighted by Crippen LogP contribution is -2.40. The molecule has 4 heterocycles. The lowest BCUT2D eigenvalue weighted by molar-refractivity contribution is 0.175. The third kappa shape index (κ3) is 3.65. The second-order valence-corrected chi connectivity index (χ2v) is 9.77. The molecule has 0 amide bonds. The zero-order valence-electron chi connectivity index (χ0n) is 17.0. The molecule has 4 heteroatoms. The lowest BCUT2D eigenvalue weighted by Gasteiger charge is -2.29. The Morgan fingerprint density at radius 2 is 1.12 bits per heavy atom. The fourth-order valence-electron chi connectivity index (χ4n) is 6.33. The van der Waals surface area contributed by atoms with Gasteiger partial charge in [-0.2, -0.15) is 0 Å². The Labute approximate surface area is 155 Å². The molecule has 4 aliphatic heterocycles. The largest absolute Gasteiger partial charge is 0.301 e. The van der Waals surface area contributed by atoms with Crippen LogP contribution in [-0.2, 0) is 0 Å². The molecule has 0 N–H and O–H groups in total. The van der Waals surface area contributed by atoms with Gasteiger partial charge in [-0.05, 0) is 85.0 Å². The number of likely N-dealkylation sites (tertiary alicyclic amines) is 4. The Morgan fingerprint density at radius 1 is 0.680 bits per heavy atom. The van der Waals surface area contributed by atoms with E-state index in [0.29, 0.717) is 0 Å². The summed E-state index contributed by atoms with van der Waals surface area (Å²) in [5.74, 6) is 1.90. The van der Waals surface area contributed by atoms with Gasteiger partial charge >= 0.3 is 0 Å². The number of hydrogen-bond donors (Lipinski definition) is 0. The van der Waals surface area contributed by atoms with Crippen molar-refractivity contribution >= 4 is 0 Å². The van der Waals surface area contributed by atoms with Crippen LogP contribution in [-0.4, -0.2) is 96.1 Å². The zero-order chi connectivity index (χ0) is 17.6. The van der Waals surface area contributed by atoms with Crippen LogP contribution in [0.5, 0.6) is 0 Å². The summed E-state index contributed by atoms with van der Waals surface area (Å²) in [6, 6.07) is 3.15. The fourth-order valence-corrected chi connectivity index (χ4v) is 6.33. The topological polar surface area (TPSA) is 13.0 Å². The van der Waals surface area contributed by atoms with Gasteiger partial charge in [-0.3, -0.25) is 9.80 Å². The number of fused-ring (bicyclic) bond motifs is 2. The molecule has 4 rings (SSSR count). The van der Waals surface area contributed by atoms with Gasteiger partial charge in [0, 0.05) is 50.3 Å². The number of rotatable bonds is 6. The molecule has 4 atom stereocenters. The van der Waals surface area contributed by atoms with Gasteiger partial charge in [-0.15, -0.1) is 0 Å².